The van der Waals surface area contributed by atoms with Crippen LogP contribution < -0.4 is 0 Å². The van der Waals surface area contributed by atoms with E-state index in [1.807, 2.05) is 0 Å². The summed E-state index contributed by atoms with van der Waals surface area (Å²) in [5, 5.41) is 0. The van der Waals surface area contributed by atoms with E-state index in [-0.39, 0.29) is 29.3 Å². The Kier molecular flexibility index (Phi) is 4.29. The van der Waals surface area contributed by atoms with Crippen molar-refractivity contribution < 1.29 is 18.0 Å². The quantitative estimate of drug-likeness (QED) is 0.648. The van der Waals surface area contributed by atoms with Crippen molar-refractivity contribution in [3.63, 3.8) is 0 Å². The molecule has 0 saturated carbocycles. The van der Waals surface area contributed by atoms with E-state index in [1.165, 1.54) is 24.3 Å². The molecule has 1 atom stereocenters. The van der Waals surface area contributed by atoms with E-state index in [2.05, 4.69) is 0 Å². The SMILES string of the molecule is O=C(c1ccc(-c2ccc(F)cc2)o1)N1CCCC1c1ccc(F)cc1. The molecule has 1 fully saturated rings. The van der Waals surface area contributed by atoms with Crippen LogP contribution in [-0.2, 0) is 0 Å². The summed E-state index contributed by atoms with van der Waals surface area (Å²) in [5.74, 6) is -0.0372. The van der Waals surface area contributed by atoms with E-state index in [9.17, 15) is 13.6 Å². The number of carbonyl (C=O) groups excluding carboxylic acids is 1. The molecule has 1 amide bonds. The highest BCUT2D eigenvalue weighted by Gasteiger charge is 2.32. The minimum Gasteiger partial charge on any atom is -0.451 e. The molecule has 0 N–H and O–H groups in total. The molecule has 1 aromatic heterocycles. The lowest BCUT2D eigenvalue weighted by molar-refractivity contribution is 0.0704. The zero-order valence-corrected chi connectivity index (χ0v) is 14.0. The van der Waals surface area contributed by atoms with Crippen molar-refractivity contribution in [2.45, 2.75) is 18.9 Å². The first-order chi connectivity index (χ1) is 12.6. The van der Waals surface area contributed by atoms with Crippen LogP contribution in [-0.4, -0.2) is 17.4 Å². The van der Waals surface area contributed by atoms with Crippen LogP contribution in [0.3, 0.4) is 0 Å². The zero-order chi connectivity index (χ0) is 18.1. The molecular weight excluding hydrogens is 336 g/mol. The van der Waals surface area contributed by atoms with Crippen molar-refractivity contribution in [3.05, 3.63) is 83.6 Å². The Balaban J connectivity index is 1.57. The molecule has 2 heterocycles. The average Bonchev–Trinajstić information content (AvgIpc) is 3.32. The molecule has 2 aromatic carbocycles. The summed E-state index contributed by atoms with van der Waals surface area (Å²) in [4.78, 5) is 14.7. The summed E-state index contributed by atoms with van der Waals surface area (Å²) in [6, 6.07) is 15.5. The van der Waals surface area contributed by atoms with Gasteiger partial charge in [0, 0.05) is 12.1 Å². The lowest BCUT2D eigenvalue weighted by Gasteiger charge is -2.24. The molecule has 0 spiro atoms. The largest absolute Gasteiger partial charge is 0.451 e. The number of benzene rings is 2. The monoisotopic (exact) mass is 353 g/mol. The van der Waals surface area contributed by atoms with Crippen LogP contribution in [0, 0.1) is 11.6 Å². The number of amides is 1. The number of nitrogens with zero attached hydrogens (tertiary/aromatic N) is 1. The molecule has 3 aromatic rings. The van der Waals surface area contributed by atoms with Crippen molar-refractivity contribution in [2.24, 2.45) is 0 Å². The smallest absolute Gasteiger partial charge is 0.290 e. The summed E-state index contributed by atoms with van der Waals surface area (Å²) in [7, 11) is 0. The maximum Gasteiger partial charge on any atom is 0.290 e. The molecule has 3 nitrogen and oxygen atoms in total. The topological polar surface area (TPSA) is 33.5 Å². The fourth-order valence-electron chi connectivity index (χ4n) is 3.40. The van der Waals surface area contributed by atoms with E-state index in [1.54, 1.807) is 41.3 Å². The zero-order valence-electron chi connectivity index (χ0n) is 14.0. The van der Waals surface area contributed by atoms with Gasteiger partial charge in [0.05, 0.1) is 6.04 Å². The number of hydrogen-bond acceptors (Lipinski definition) is 2. The highest BCUT2D eigenvalue weighted by Crippen LogP contribution is 2.34. The van der Waals surface area contributed by atoms with Crippen LogP contribution in [0.15, 0.2) is 65.1 Å². The van der Waals surface area contributed by atoms with Crippen molar-refractivity contribution in [2.75, 3.05) is 6.54 Å². The van der Waals surface area contributed by atoms with E-state index >= 15 is 0 Å². The van der Waals surface area contributed by atoms with E-state index in [4.69, 9.17) is 4.42 Å². The number of rotatable bonds is 3. The molecule has 1 aliphatic rings. The molecule has 1 saturated heterocycles. The Morgan fingerprint density at radius 3 is 2.27 bits per heavy atom. The molecule has 4 rings (SSSR count). The van der Waals surface area contributed by atoms with Crippen molar-refractivity contribution in [3.8, 4) is 11.3 Å². The Morgan fingerprint density at radius 2 is 1.58 bits per heavy atom. The molecule has 5 heteroatoms. The second kappa shape index (κ2) is 6.75. The van der Waals surface area contributed by atoms with Gasteiger partial charge in [-0.2, -0.15) is 0 Å². The van der Waals surface area contributed by atoms with Gasteiger partial charge < -0.3 is 9.32 Å². The predicted molar refractivity (Wildman–Crippen MR) is 93.5 cm³/mol. The molecule has 26 heavy (non-hydrogen) atoms. The maximum absolute atomic E-state index is 13.2. The third kappa shape index (κ3) is 3.12. The van der Waals surface area contributed by atoms with Gasteiger partial charge in [-0.05, 0) is 66.9 Å². The second-order valence-corrected chi connectivity index (χ2v) is 6.38. The first-order valence-electron chi connectivity index (χ1n) is 8.54. The van der Waals surface area contributed by atoms with Gasteiger partial charge >= 0.3 is 0 Å². The summed E-state index contributed by atoms with van der Waals surface area (Å²) in [5.41, 5.74) is 1.63. The predicted octanol–water partition coefficient (Wildman–Crippen LogP) is 5.20. The van der Waals surface area contributed by atoms with Gasteiger partial charge in [0.15, 0.2) is 5.76 Å². The molecule has 0 radical (unpaired) electrons. The fraction of sp³-hybridized carbons (Fsp3) is 0.190. The van der Waals surface area contributed by atoms with Crippen LogP contribution in [0.1, 0.15) is 35.0 Å². The summed E-state index contributed by atoms with van der Waals surface area (Å²) in [6.07, 6.45) is 1.72. The van der Waals surface area contributed by atoms with Crippen molar-refractivity contribution in [1.82, 2.24) is 4.90 Å². The van der Waals surface area contributed by atoms with Gasteiger partial charge in [0.25, 0.3) is 5.91 Å². The van der Waals surface area contributed by atoms with Crippen LogP contribution in [0.2, 0.25) is 0 Å². The summed E-state index contributed by atoms with van der Waals surface area (Å²) < 4.78 is 31.9. The van der Waals surface area contributed by atoms with Crippen LogP contribution in [0.25, 0.3) is 11.3 Å². The van der Waals surface area contributed by atoms with Crippen molar-refractivity contribution in [1.29, 1.82) is 0 Å². The molecule has 1 unspecified atom stereocenters. The Morgan fingerprint density at radius 1 is 0.923 bits per heavy atom. The Labute approximate surface area is 149 Å². The number of halogens is 2. The number of furan rings is 1. The maximum atomic E-state index is 13.2. The highest BCUT2D eigenvalue weighted by atomic mass is 19.1. The summed E-state index contributed by atoms with van der Waals surface area (Å²) in [6.45, 7) is 0.632. The van der Waals surface area contributed by atoms with Gasteiger partial charge in [0.1, 0.15) is 17.4 Å². The van der Waals surface area contributed by atoms with Gasteiger partial charge in [-0.3, -0.25) is 4.79 Å². The Bertz CT molecular complexity index is 916. The molecule has 0 aliphatic carbocycles. The van der Waals surface area contributed by atoms with Crippen molar-refractivity contribution >= 4 is 5.91 Å². The van der Waals surface area contributed by atoms with E-state index in [0.29, 0.717) is 17.9 Å². The van der Waals surface area contributed by atoms with Crippen LogP contribution >= 0.6 is 0 Å². The van der Waals surface area contributed by atoms with Crippen LogP contribution in [0.5, 0.6) is 0 Å². The minimum atomic E-state index is -0.323. The number of hydrogen-bond donors (Lipinski definition) is 0. The Hall–Kier alpha value is -2.95. The summed E-state index contributed by atoms with van der Waals surface area (Å²) >= 11 is 0. The normalized spacial score (nSPS) is 16.8. The van der Waals surface area contributed by atoms with Gasteiger partial charge in [-0.15, -0.1) is 0 Å². The first kappa shape index (κ1) is 16.5. The molecule has 132 valence electrons. The average molecular weight is 353 g/mol. The lowest BCUT2D eigenvalue weighted by atomic mass is 10.0. The third-order valence-corrected chi connectivity index (χ3v) is 4.71. The van der Waals surface area contributed by atoms with Gasteiger partial charge in [-0.25, -0.2) is 8.78 Å². The molecular formula is C21H17F2NO2. The highest BCUT2D eigenvalue weighted by molar-refractivity contribution is 5.92. The number of carbonyl (C=O) groups is 1. The van der Waals surface area contributed by atoms with E-state index in [0.717, 1.165) is 18.4 Å². The molecule has 0 bridgehead atoms. The molecule has 1 aliphatic heterocycles. The van der Waals surface area contributed by atoms with Gasteiger partial charge in [0.2, 0.25) is 0 Å². The minimum absolute atomic E-state index is 0.0810. The number of likely N-dealkylation sites (tertiary alicyclic amines) is 1. The standard InChI is InChI=1S/C21H17F2NO2/c22-16-7-3-14(4-8-16)18-2-1-13-24(18)21(25)20-12-11-19(26-20)15-5-9-17(23)10-6-15/h3-12,18H,1-2,13H2. The van der Waals surface area contributed by atoms with Gasteiger partial charge in [-0.1, -0.05) is 12.1 Å². The second-order valence-electron chi connectivity index (χ2n) is 6.38. The third-order valence-electron chi connectivity index (χ3n) is 4.71. The first-order valence-corrected chi connectivity index (χ1v) is 8.54. The lowest BCUT2D eigenvalue weighted by Crippen LogP contribution is -2.30. The van der Waals surface area contributed by atoms with Crippen LogP contribution in [0.4, 0.5) is 8.78 Å². The van der Waals surface area contributed by atoms with E-state index < -0.39 is 0 Å². The fourth-order valence-corrected chi connectivity index (χ4v) is 3.40.